The van der Waals surface area contributed by atoms with Crippen LogP contribution in [0.2, 0.25) is 5.02 Å². The van der Waals surface area contributed by atoms with Gasteiger partial charge in [0.05, 0.1) is 22.0 Å². The van der Waals surface area contributed by atoms with Crippen LogP contribution >= 0.6 is 34.7 Å². The highest BCUT2D eigenvalue weighted by molar-refractivity contribution is 8.01. The van der Waals surface area contributed by atoms with Crippen LogP contribution in [0.25, 0.3) is 0 Å². The van der Waals surface area contributed by atoms with Gasteiger partial charge in [0, 0.05) is 5.69 Å². The van der Waals surface area contributed by atoms with Crippen molar-refractivity contribution >= 4 is 57.1 Å². The summed E-state index contributed by atoms with van der Waals surface area (Å²) in [4.78, 5) is 12.2. The molecule has 0 saturated carbocycles. The van der Waals surface area contributed by atoms with Gasteiger partial charge < -0.3 is 10.6 Å². The van der Waals surface area contributed by atoms with E-state index < -0.39 is 23.3 Å². The molecule has 0 aliphatic heterocycles. The van der Waals surface area contributed by atoms with Gasteiger partial charge in [-0.25, -0.2) is 0 Å². The highest BCUT2D eigenvalue weighted by atomic mass is 35.5. The van der Waals surface area contributed by atoms with Gasteiger partial charge in [-0.1, -0.05) is 52.9 Å². The molecule has 30 heavy (non-hydrogen) atoms. The predicted octanol–water partition coefficient (Wildman–Crippen LogP) is 6.30. The highest BCUT2D eigenvalue weighted by Gasteiger charge is 2.34. The standard InChI is InChI=1S/C19H16ClF3N4OS2/c1-10-5-3-8-14(11(10)2)24-17-26-27-18(30-17)29-9-15(28)25-16-12(19(21,22)23)6-4-7-13(16)20/h3-8H,9H2,1-2H3,(H,24,26)(H,25,28). The molecular weight excluding hydrogens is 457 g/mol. The SMILES string of the molecule is Cc1cccc(Nc2nnc(SCC(=O)Nc3c(Cl)cccc3C(F)(F)F)s2)c1C. The Hall–Kier alpha value is -2.30. The van der Waals surface area contributed by atoms with Crippen molar-refractivity contribution in [2.45, 2.75) is 24.4 Å². The second-order valence-corrected chi connectivity index (χ2v) is 8.85. The Balaban J connectivity index is 1.62. The first kappa shape index (κ1) is 22.4. The molecule has 0 saturated heterocycles. The molecule has 2 aromatic carbocycles. The molecule has 0 bridgehead atoms. The normalized spacial score (nSPS) is 11.4. The molecule has 11 heteroatoms. The van der Waals surface area contributed by atoms with Crippen molar-refractivity contribution in [1.29, 1.82) is 0 Å². The van der Waals surface area contributed by atoms with Crippen LogP contribution in [0, 0.1) is 13.8 Å². The number of hydrogen-bond donors (Lipinski definition) is 2. The number of hydrogen-bond acceptors (Lipinski definition) is 6. The fourth-order valence-electron chi connectivity index (χ4n) is 2.51. The Morgan fingerprint density at radius 1 is 1.17 bits per heavy atom. The van der Waals surface area contributed by atoms with Crippen LogP contribution in [0.4, 0.5) is 29.7 Å². The topological polar surface area (TPSA) is 66.9 Å². The van der Waals surface area contributed by atoms with E-state index in [1.165, 1.54) is 23.5 Å². The number of anilines is 3. The van der Waals surface area contributed by atoms with Crippen molar-refractivity contribution in [1.82, 2.24) is 10.2 Å². The molecule has 0 spiro atoms. The molecule has 1 heterocycles. The van der Waals surface area contributed by atoms with Gasteiger partial charge >= 0.3 is 6.18 Å². The van der Waals surface area contributed by atoms with Crippen LogP contribution in [-0.4, -0.2) is 21.9 Å². The third-order valence-corrected chi connectivity index (χ3v) is 6.45. The molecule has 0 unspecified atom stereocenters. The third kappa shape index (κ3) is 5.44. The fourth-order valence-corrected chi connectivity index (χ4v) is 4.30. The second-order valence-electron chi connectivity index (χ2n) is 6.24. The Morgan fingerprint density at radius 3 is 2.63 bits per heavy atom. The molecule has 5 nitrogen and oxygen atoms in total. The molecule has 0 fully saturated rings. The molecule has 1 amide bonds. The van der Waals surface area contributed by atoms with Gasteiger partial charge in [-0.3, -0.25) is 4.79 Å². The zero-order valence-electron chi connectivity index (χ0n) is 15.8. The van der Waals surface area contributed by atoms with Crippen LogP contribution in [0.5, 0.6) is 0 Å². The molecule has 3 aromatic rings. The lowest BCUT2D eigenvalue weighted by atomic mass is 10.1. The summed E-state index contributed by atoms with van der Waals surface area (Å²) in [5.74, 6) is -0.765. The Morgan fingerprint density at radius 2 is 1.90 bits per heavy atom. The van der Waals surface area contributed by atoms with Crippen molar-refractivity contribution < 1.29 is 18.0 Å². The van der Waals surface area contributed by atoms with Crippen LogP contribution in [0.15, 0.2) is 40.7 Å². The smallest absolute Gasteiger partial charge is 0.330 e. The van der Waals surface area contributed by atoms with Crippen molar-refractivity contribution in [3.05, 3.63) is 58.1 Å². The number of amides is 1. The lowest BCUT2D eigenvalue weighted by molar-refractivity contribution is -0.137. The number of aromatic nitrogens is 2. The van der Waals surface area contributed by atoms with Gasteiger partial charge in [-0.05, 0) is 43.2 Å². The van der Waals surface area contributed by atoms with E-state index in [4.69, 9.17) is 11.6 Å². The maximum absolute atomic E-state index is 13.1. The molecule has 2 N–H and O–H groups in total. The Bertz CT molecular complexity index is 1070. The first-order valence-corrected chi connectivity index (χ1v) is 10.8. The highest BCUT2D eigenvalue weighted by Crippen LogP contribution is 2.38. The summed E-state index contributed by atoms with van der Waals surface area (Å²) in [6.07, 6.45) is -4.63. The number of thioether (sulfide) groups is 1. The quantitative estimate of drug-likeness (QED) is 0.412. The number of benzene rings is 2. The van der Waals surface area contributed by atoms with Gasteiger partial charge in [0.1, 0.15) is 0 Å². The summed E-state index contributed by atoms with van der Waals surface area (Å²) in [5.41, 5.74) is 1.67. The molecule has 0 aliphatic carbocycles. The van der Waals surface area contributed by atoms with E-state index in [1.54, 1.807) is 0 Å². The number of halogens is 4. The zero-order valence-corrected chi connectivity index (χ0v) is 18.2. The monoisotopic (exact) mass is 472 g/mol. The maximum Gasteiger partial charge on any atom is 0.418 e. The van der Waals surface area contributed by atoms with Crippen LogP contribution in [0.3, 0.4) is 0 Å². The van der Waals surface area contributed by atoms with E-state index >= 15 is 0 Å². The zero-order chi connectivity index (χ0) is 21.9. The number of alkyl halides is 3. The fraction of sp³-hybridized carbons (Fsp3) is 0.211. The minimum Gasteiger partial charge on any atom is -0.330 e. The number of carbonyl (C=O) groups is 1. The maximum atomic E-state index is 13.1. The third-order valence-electron chi connectivity index (χ3n) is 4.16. The van der Waals surface area contributed by atoms with Crippen molar-refractivity contribution in [2.75, 3.05) is 16.4 Å². The van der Waals surface area contributed by atoms with E-state index in [0.717, 1.165) is 34.6 Å². The van der Waals surface area contributed by atoms with Crippen LogP contribution in [-0.2, 0) is 11.0 Å². The number of aryl methyl sites for hydroxylation is 1. The summed E-state index contributed by atoms with van der Waals surface area (Å²) in [5, 5.41) is 13.8. The van der Waals surface area contributed by atoms with Gasteiger partial charge in [-0.15, -0.1) is 10.2 Å². The van der Waals surface area contributed by atoms with E-state index in [0.29, 0.717) is 9.47 Å². The lowest BCUT2D eigenvalue weighted by Gasteiger charge is -2.14. The summed E-state index contributed by atoms with van der Waals surface area (Å²) in [6.45, 7) is 3.99. The molecule has 0 aliphatic rings. The van der Waals surface area contributed by atoms with Crippen LogP contribution in [0.1, 0.15) is 16.7 Å². The minimum absolute atomic E-state index is 0.138. The number of nitrogens with zero attached hydrogens (tertiary/aromatic N) is 2. The minimum atomic E-state index is -4.63. The summed E-state index contributed by atoms with van der Waals surface area (Å²) in [7, 11) is 0. The van der Waals surface area contributed by atoms with Gasteiger partial charge in [0.2, 0.25) is 11.0 Å². The summed E-state index contributed by atoms with van der Waals surface area (Å²) in [6, 6.07) is 9.19. The van der Waals surface area contributed by atoms with E-state index in [2.05, 4.69) is 20.8 Å². The first-order valence-electron chi connectivity index (χ1n) is 8.60. The molecule has 0 atom stereocenters. The number of para-hydroxylation sites is 1. The largest absolute Gasteiger partial charge is 0.418 e. The summed E-state index contributed by atoms with van der Waals surface area (Å²) < 4.78 is 39.9. The van der Waals surface area contributed by atoms with E-state index in [9.17, 15) is 18.0 Å². The number of rotatable bonds is 6. The Labute approximate surface area is 184 Å². The molecule has 1 aromatic heterocycles. The predicted molar refractivity (Wildman–Crippen MR) is 115 cm³/mol. The first-order chi connectivity index (χ1) is 14.1. The van der Waals surface area contributed by atoms with Gasteiger partial charge in [-0.2, -0.15) is 13.2 Å². The van der Waals surface area contributed by atoms with E-state index in [-0.39, 0.29) is 10.8 Å². The number of carbonyl (C=O) groups excluding carboxylic acids is 1. The van der Waals surface area contributed by atoms with Crippen LogP contribution < -0.4 is 10.6 Å². The molecular formula is C19H16ClF3N4OS2. The average Bonchev–Trinajstić information content (AvgIpc) is 3.12. The molecule has 158 valence electrons. The van der Waals surface area contributed by atoms with E-state index in [1.807, 2.05) is 32.0 Å². The lowest BCUT2D eigenvalue weighted by Crippen LogP contribution is -2.18. The average molecular weight is 473 g/mol. The Kier molecular flexibility index (Phi) is 6.89. The van der Waals surface area contributed by atoms with Crippen molar-refractivity contribution in [2.24, 2.45) is 0 Å². The van der Waals surface area contributed by atoms with Gasteiger partial charge in [0.25, 0.3) is 0 Å². The summed E-state index contributed by atoms with van der Waals surface area (Å²) >= 11 is 8.17. The van der Waals surface area contributed by atoms with Crippen molar-refractivity contribution in [3.8, 4) is 0 Å². The number of nitrogens with one attached hydrogen (secondary N) is 2. The van der Waals surface area contributed by atoms with Crippen molar-refractivity contribution in [3.63, 3.8) is 0 Å². The second kappa shape index (κ2) is 9.23. The molecule has 0 radical (unpaired) electrons. The van der Waals surface area contributed by atoms with Gasteiger partial charge in [0.15, 0.2) is 4.34 Å². The molecule has 3 rings (SSSR count).